The Bertz CT molecular complexity index is 1280. The van der Waals surface area contributed by atoms with Gasteiger partial charge in [0, 0.05) is 60.6 Å². The number of nitrogens with zero attached hydrogens (tertiary/aromatic N) is 8. The Balaban J connectivity index is 1.06. The standard InChI is InChI=1S/C26H30N10O2/c1-31-19-35(17-27-31)29-25(37)23-7-3-21(4-8-23)15-33-11-13-34(14-12-33)16-22-5-9-24(10-6-22)26(38)30-36-18-28-32(2)20-36/h3-10,17-20H,11-16H2,1-2H3/p+2. The molecule has 0 saturated carbocycles. The second kappa shape index (κ2) is 11.3. The van der Waals surface area contributed by atoms with Gasteiger partial charge in [0.1, 0.15) is 0 Å². The highest BCUT2D eigenvalue weighted by atomic mass is 16.2. The summed E-state index contributed by atoms with van der Waals surface area (Å²) in [4.78, 5) is 29.7. The van der Waals surface area contributed by atoms with E-state index in [9.17, 15) is 9.59 Å². The maximum Gasteiger partial charge on any atom is 0.287 e. The van der Waals surface area contributed by atoms with Gasteiger partial charge < -0.3 is 0 Å². The molecule has 5 rings (SSSR count). The van der Waals surface area contributed by atoms with E-state index >= 15 is 0 Å². The monoisotopic (exact) mass is 516 g/mol. The van der Waals surface area contributed by atoms with Gasteiger partial charge in [-0.1, -0.05) is 24.3 Å². The van der Waals surface area contributed by atoms with Crippen molar-refractivity contribution < 1.29 is 18.9 Å². The largest absolute Gasteiger partial charge is 0.297 e. The normalized spacial score (nSPS) is 14.4. The van der Waals surface area contributed by atoms with Crippen LogP contribution < -0.4 is 20.2 Å². The smallest absolute Gasteiger partial charge is 0.287 e. The molecule has 12 heteroatoms. The minimum Gasteiger partial charge on any atom is -0.297 e. The number of hydrogen-bond donors (Lipinski definition) is 2. The van der Waals surface area contributed by atoms with Crippen molar-refractivity contribution in [2.45, 2.75) is 13.1 Å². The molecule has 196 valence electrons. The van der Waals surface area contributed by atoms with E-state index in [0.29, 0.717) is 11.1 Å². The number of aryl methyl sites for hydroxylation is 2. The van der Waals surface area contributed by atoms with Gasteiger partial charge in [0.25, 0.3) is 24.5 Å². The van der Waals surface area contributed by atoms with E-state index in [2.05, 4.69) is 30.8 Å². The number of nitrogens with one attached hydrogen (secondary N) is 2. The molecule has 2 aromatic heterocycles. The van der Waals surface area contributed by atoms with Crippen LogP contribution in [0.1, 0.15) is 31.8 Å². The van der Waals surface area contributed by atoms with Crippen molar-refractivity contribution in [2.24, 2.45) is 14.1 Å². The fraction of sp³-hybridized carbons (Fsp3) is 0.308. The number of rotatable bonds is 8. The number of benzene rings is 2. The molecule has 4 aromatic rings. The first-order chi connectivity index (χ1) is 18.4. The van der Waals surface area contributed by atoms with Gasteiger partial charge in [0.2, 0.25) is 12.7 Å². The van der Waals surface area contributed by atoms with Crippen LogP contribution in [0.25, 0.3) is 0 Å². The summed E-state index contributed by atoms with van der Waals surface area (Å²) in [5.41, 5.74) is 9.13. The minimum absolute atomic E-state index is 0.177. The van der Waals surface area contributed by atoms with Crippen molar-refractivity contribution >= 4 is 11.8 Å². The van der Waals surface area contributed by atoms with Crippen LogP contribution in [0.15, 0.2) is 73.8 Å². The van der Waals surface area contributed by atoms with Gasteiger partial charge in [-0.2, -0.15) is 0 Å². The van der Waals surface area contributed by atoms with Crippen molar-refractivity contribution in [3.8, 4) is 0 Å². The maximum absolute atomic E-state index is 12.4. The highest BCUT2D eigenvalue weighted by Gasteiger charge is 2.18. The zero-order chi connectivity index (χ0) is 26.5. The second-order valence-electron chi connectivity index (χ2n) is 9.48. The van der Waals surface area contributed by atoms with E-state index in [4.69, 9.17) is 0 Å². The van der Waals surface area contributed by atoms with Crippen LogP contribution >= 0.6 is 0 Å². The molecule has 0 radical (unpaired) electrons. The first kappa shape index (κ1) is 25.2. The SMILES string of the molecule is Cn1c[n+](NC(=O)c2ccc(CN3CCN(Cc4ccc(C(=O)N[n+]5cnn(C)c5)cc4)CC3)cc2)cn1. The van der Waals surface area contributed by atoms with E-state index in [-0.39, 0.29) is 11.8 Å². The van der Waals surface area contributed by atoms with E-state index in [1.54, 1.807) is 48.8 Å². The van der Waals surface area contributed by atoms with Crippen molar-refractivity contribution in [1.82, 2.24) is 29.4 Å². The molecule has 0 atom stereocenters. The molecule has 2 amide bonds. The van der Waals surface area contributed by atoms with Crippen LogP contribution in [-0.2, 0) is 27.2 Å². The Kier molecular flexibility index (Phi) is 7.52. The Hall–Kier alpha value is -4.42. The summed E-state index contributed by atoms with van der Waals surface area (Å²) in [6, 6.07) is 15.5. The number of aromatic nitrogens is 6. The highest BCUT2D eigenvalue weighted by Crippen LogP contribution is 2.13. The summed E-state index contributed by atoms with van der Waals surface area (Å²) in [5, 5.41) is 8.07. The van der Waals surface area contributed by atoms with Gasteiger partial charge in [0.05, 0.1) is 14.1 Å². The van der Waals surface area contributed by atoms with Gasteiger partial charge in [-0.15, -0.1) is 18.7 Å². The van der Waals surface area contributed by atoms with Crippen molar-refractivity contribution in [3.05, 3.63) is 96.1 Å². The van der Waals surface area contributed by atoms with E-state index < -0.39 is 0 Å². The Morgan fingerprint density at radius 1 is 0.684 bits per heavy atom. The molecule has 38 heavy (non-hydrogen) atoms. The van der Waals surface area contributed by atoms with Crippen molar-refractivity contribution in [2.75, 3.05) is 37.0 Å². The Morgan fingerprint density at radius 3 is 1.37 bits per heavy atom. The van der Waals surface area contributed by atoms with Crippen LogP contribution in [0.3, 0.4) is 0 Å². The van der Waals surface area contributed by atoms with Gasteiger partial charge in [0.15, 0.2) is 0 Å². The summed E-state index contributed by atoms with van der Waals surface area (Å²) in [7, 11) is 3.59. The molecule has 2 aromatic carbocycles. The average molecular weight is 517 g/mol. The van der Waals surface area contributed by atoms with Crippen LogP contribution in [0.5, 0.6) is 0 Å². The Labute approximate surface area is 220 Å². The lowest BCUT2D eigenvalue weighted by Crippen LogP contribution is -2.46. The molecule has 0 aliphatic carbocycles. The second-order valence-corrected chi connectivity index (χ2v) is 9.48. The predicted molar refractivity (Wildman–Crippen MR) is 138 cm³/mol. The lowest BCUT2D eigenvalue weighted by atomic mass is 10.1. The van der Waals surface area contributed by atoms with Crippen LogP contribution in [0.4, 0.5) is 0 Å². The number of carbonyl (C=O) groups excluding carboxylic acids is 2. The van der Waals surface area contributed by atoms with Gasteiger partial charge in [-0.25, -0.2) is 10.9 Å². The number of amides is 2. The number of piperazine rings is 1. The molecule has 0 unspecified atom stereocenters. The van der Waals surface area contributed by atoms with Crippen molar-refractivity contribution in [3.63, 3.8) is 0 Å². The topological polar surface area (TPSA) is 108 Å². The molecule has 1 aliphatic rings. The quantitative estimate of drug-likeness (QED) is 0.315. The molecular formula is C26H32N10O2+2. The molecule has 12 nitrogen and oxygen atoms in total. The first-order valence-electron chi connectivity index (χ1n) is 12.5. The molecule has 1 fully saturated rings. The third-order valence-corrected chi connectivity index (χ3v) is 6.47. The molecule has 3 heterocycles. The van der Waals surface area contributed by atoms with Gasteiger partial charge >= 0.3 is 0 Å². The number of hydrogen-bond acceptors (Lipinski definition) is 6. The van der Waals surface area contributed by atoms with Gasteiger partial charge in [-0.05, 0) is 35.4 Å². The number of carbonyl (C=O) groups is 2. The molecule has 2 N–H and O–H groups in total. The zero-order valence-electron chi connectivity index (χ0n) is 21.6. The lowest BCUT2D eigenvalue weighted by molar-refractivity contribution is -0.642. The molecule has 1 saturated heterocycles. The van der Waals surface area contributed by atoms with E-state index in [0.717, 1.165) is 39.3 Å². The van der Waals surface area contributed by atoms with Gasteiger partial charge in [-0.3, -0.25) is 19.4 Å². The van der Waals surface area contributed by atoms with Crippen LogP contribution in [0.2, 0.25) is 0 Å². The molecular weight excluding hydrogens is 484 g/mol. The fourth-order valence-corrected chi connectivity index (χ4v) is 4.38. The molecule has 1 aliphatic heterocycles. The zero-order valence-corrected chi connectivity index (χ0v) is 21.6. The van der Waals surface area contributed by atoms with Crippen LogP contribution in [0, 0.1) is 0 Å². The van der Waals surface area contributed by atoms with E-state index in [1.807, 2.05) is 48.5 Å². The average Bonchev–Trinajstić information content (AvgIpc) is 3.52. The summed E-state index contributed by atoms with van der Waals surface area (Å²) in [6.45, 7) is 5.61. The molecule has 0 bridgehead atoms. The summed E-state index contributed by atoms with van der Waals surface area (Å²) >= 11 is 0. The van der Waals surface area contributed by atoms with Crippen LogP contribution in [-0.4, -0.2) is 67.4 Å². The third-order valence-electron chi connectivity index (χ3n) is 6.47. The fourth-order valence-electron chi connectivity index (χ4n) is 4.38. The Morgan fingerprint density at radius 2 is 1.05 bits per heavy atom. The highest BCUT2D eigenvalue weighted by molar-refractivity contribution is 5.99. The predicted octanol–water partition coefficient (Wildman–Crippen LogP) is -0.186. The van der Waals surface area contributed by atoms with Crippen molar-refractivity contribution in [1.29, 1.82) is 0 Å². The summed E-state index contributed by atoms with van der Waals surface area (Å²) in [5.74, 6) is -0.353. The molecule has 0 spiro atoms. The first-order valence-corrected chi connectivity index (χ1v) is 12.5. The third kappa shape index (κ3) is 6.47. The maximum atomic E-state index is 12.4. The van der Waals surface area contributed by atoms with E-state index in [1.165, 1.54) is 20.5 Å². The summed E-state index contributed by atoms with van der Waals surface area (Å²) < 4.78 is 6.29. The summed E-state index contributed by atoms with van der Waals surface area (Å²) in [6.07, 6.45) is 6.46. The minimum atomic E-state index is -0.177. The lowest BCUT2D eigenvalue weighted by Gasteiger charge is -2.34.